The van der Waals surface area contributed by atoms with Crippen molar-refractivity contribution in [2.24, 2.45) is 5.73 Å². The topological polar surface area (TPSA) is 72.4 Å². The molecule has 0 bridgehead atoms. The highest BCUT2D eigenvalue weighted by Gasteiger charge is 2.24. The molecule has 116 valence electrons. The van der Waals surface area contributed by atoms with Gasteiger partial charge in [-0.2, -0.15) is 0 Å². The molecule has 5 nitrogen and oxygen atoms in total. The molecule has 2 aromatic rings. The fourth-order valence-electron chi connectivity index (χ4n) is 2.18. The highest BCUT2D eigenvalue weighted by atomic mass is 35.5. The molecule has 3 rings (SSSR count). The van der Waals surface area contributed by atoms with E-state index in [-0.39, 0.29) is 43.2 Å². The summed E-state index contributed by atoms with van der Waals surface area (Å²) in [4.78, 5) is 19.2. The standard InChI is InChI=1S/C13H15N3O2S.2ClH/c14-9-3-4-16(7-9)12(17)6-10-8-18-13(15-10)11-2-1-5-19-11;;/h1-2,5,8-9H,3-4,6-7,14H2;2*1H/t9-;;/m1../s1. The maximum atomic E-state index is 12.0. The van der Waals surface area contributed by atoms with Crippen molar-refractivity contribution in [2.75, 3.05) is 13.1 Å². The molecule has 1 saturated heterocycles. The summed E-state index contributed by atoms with van der Waals surface area (Å²) in [6, 6.07) is 4.00. The van der Waals surface area contributed by atoms with E-state index in [1.807, 2.05) is 17.5 Å². The van der Waals surface area contributed by atoms with E-state index in [9.17, 15) is 4.79 Å². The maximum Gasteiger partial charge on any atom is 0.236 e. The number of rotatable bonds is 3. The normalized spacial score (nSPS) is 17.2. The van der Waals surface area contributed by atoms with Crippen molar-refractivity contribution >= 4 is 42.1 Å². The first-order valence-corrected chi connectivity index (χ1v) is 7.12. The Morgan fingerprint density at radius 3 is 2.95 bits per heavy atom. The van der Waals surface area contributed by atoms with Gasteiger partial charge in [0.2, 0.25) is 11.8 Å². The Labute approximate surface area is 139 Å². The molecule has 0 saturated carbocycles. The molecule has 0 radical (unpaired) electrons. The van der Waals surface area contributed by atoms with Gasteiger partial charge in [0.1, 0.15) is 6.26 Å². The molecular formula is C13H17Cl2N3O2S. The molecular weight excluding hydrogens is 333 g/mol. The zero-order valence-electron chi connectivity index (χ0n) is 11.2. The lowest BCUT2D eigenvalue weighted by Crippen LogP contribution is -2.32. The number of amides is 1. The van der Waals surface area contributed by atoms with E-state index in [4.69, 9.17) is 10.2 Å². The summed E-state index contributed by atoms with van der Waals surface area (Å²) in [6.07, 6.45) is 2.72. The van der Waals surface area contributed by atoms with Gasteiger partial charge in [-0.3, -0.25) is 4.79 Å². The predicted molar refractivity (Wildman–Crippen MR) is 87.2 cm³/mol. The lowest BCUT2D eigenvalue weighted by atomic mass is 10.3. The van der Waals surface area contributed by atoms with Crippen molar-refractivity contribution in [1.29, 1.82) is 0 Å². The minimum Gasteiger partial charge on any atom is -0.444 e. The Hall–Kier alpha value is -1.08. The van der Waals surface area contributed by atoms with E-state index in [1.165, 1.54) is 0 Å². The van der Waals surface area contributed by atoms with Gasteiger partial charge in [0.05, 0.1) is 17.0 Å². The number of likely N-dealkylation sites (tertiary alicyclic amines) is 1. The van der Waals surface area contributed by atoms with Gasteiger partial charge in [0.15, 0.2) is 0 Å². The average Bonchev–Trinajstić information content (AvgIpc) is 3.07. The zero-order chi connectivity index (χ0) is 13.2. The third-order valence-corrected chi connectivity index (χ3v) is 4.05. The van der Waals surface area contributed by atoms with Crippen LogP contribution in [-0.2, 0) is 11.2 Å². The van der Waals surface area contributed by atoms with Gasteiger partial charge in [-0.15, -0.1) is 36.2 Å². The van der Waals surface area contributed by atoms with Crippen LogP contribution in [0.25, 0.3) is 10.8 Å². The molecule has 0 unspecified atom stereocenters. The van der Waals surface area contributed by atoms with Crippen molar-refractivity contribution < 1.29 is 9.21 Å². The van der Waals surface area contributed by atoms with Gasteiger partial charge in [-0.05, 0) is 17.9 Å². The van der Waals surface area contributed by atoms with E-state index >= 15 is 0 Å². The quantitative estimate of drug-likeness (QED) is 0.922. The van der Waals surface area contributed by atoms with Crippen LogP contribution in [0, 0.1) is 0 Å². The van der Waals surface area contributed by atoms with Gasteiger partial charge in [-0.1, -0.05) is 6.07 Å². The summed E-state index contributed by atoms with van der Waals surface area (Å²) in [7, 11) is 0. The van der Waals surface area contributed by atoms with Crippen molar-refractivity contribution in [1.82, 2.24) is 9.88 Å². The van der Waals surface area contributed by atoms with E-state index in [2.05, 4.69) is 4.98 Å². The van der Waals surface area contributed by atoms with Gasteiger partial charge in [-0.25, -0.2) is 4.98 Å². The molecule has 21 heavy (non-hydrogen) atoms. The minimum absolute atomic E-state index is 0. The first kappa shape index (κ1) is 18.0. The van der Waals surface area contributed by atoms with Crippen molar-refractivity contribution in [3.8, 4) is 10.8 Å². The second-order valence-electron chi connectivity index (χ2n) is 4.69. The molecule has 1 aliphatic heterocycles. The number of hydrogen-bond acceptors (Lipinski definition) is 5. The van der Waals surface area contributed by atoms with Crippen LogP contribution in [0.2, 0.25) is 0 Å². The van der Waals surface area contributed by atoms with Crippen LogP contribution in [0.1, 0.15) is 12.1 Å². The Morgan fingerprint density at radius 1 is 1.52 bits per heavy atom. The number of carbonyl (C=O) groups excluding carboxylic acids is 1. The number of halogens is 2. The lowest BCUT2D eigenvalue weighted by molar-refractivity contribution is -0.129. The number of aromatic nitrogens is 1. The van der Waals surface area contributed by atoms with Crippen molar-refractivity contribution in [2.45, 2.75) is 18.9 Å². The summed E-state index contributed by atoms with van der Waals surface area (Å²) in [5, 5.41) is 1.97. The third kappa shape index (κ3) is 4.20. The molecule has 0 aromatic carbocycles. The monoisotopic (exact) mass is 349 g/mol. The van der Waals surface area contributed by atoms with E-state index in [0.717, 1.165) is 17.8 Å². The summed E-state index contributed by atoms with van der Waals surface area (Å²) >= 11 is 1.57. The molecule has 1 aliphatic rings. The highest BCUT2D eigenvalue weighted by molar-refractivity contribution is 7.13. The second-order valence-corrected chi connectivity index (χ2v) is 5.63. The van der Waals surface area contributed by atoms with Gasteiger partial charge >= 0.3 is 0 Å². The van der Waals surface area contributed by atoms with Crippen LogP contribution in [-0.4, -0.2) is 34.9 Å². The van der Waals surface area contributed by atoms with Gasteiger partial charge in [0, 0.05) is 19.1 Å². The largest absolute Gasteiger partial charge is 0.444 e. The average molecular weight is 350 g/mol. The van der Waals surface area contributed by atoms with Crippen LogP contribution >= 0.6 is 36.2 Å². The van der Waals surface area contributed by atoms with E-state index in [1.54, 1.807) is 22.5 Å². The first-order chi connectivity index (χ1) is 9.22. The van der Waals surface area contributed by atoms with Crippen molar-refractivity contribution in [3.63, 3.8) is 0 Å². The molecule has 1 fully saturated rings. The Kier molecular flexibility index (Phi) is 6.67. The summed E-state index contributed by atoms with van der Waals surface area (Å²) in [5.41, 5.74) is 6.47. The SMILES string of the molecule is Cl.Cl.N[C@@H]1CCN(C(=O)Cc2coc(-c3cccs3)n2)C1. The molecule has 0 aliphatic carbocycles. The minimum atomic E-state index is 0. The van der Waals surface area contributed by atoms with Gasteiger partial charge in [0.25, 0.3) is 0 Å². The first-order valence-electron chi connectivity index (χ1n) is 6.24. The Bertz CT molecular complexity index is 574. The molecule has 1 amide bonds. The number of nitrogens with zero attached hydrogens (tertiary/aromatic N) is 2. The smallest absolute Gasteiger partial charge is 0.236 e. The zero-order valence-corrected chi connectivity index (χ0v) is 13.7. The van der Waals surface area contributed by atoms with Crippen LogP contribution in [0.15, 0.2) is 28.2 Å². The molecule has 3 heterocycles. The fourth-order valence-corrected chi connectivity index (χ4v) is 2.84. The maximum absolute atomic E-state index is 12.0. The van der Waals surface area contributed by atoms with Crippen LogP contribution < -0.4 is 5.73 Å². The van der Waals surface area contributed by atoms with E-state index in [0.29, 0.717) is 18.1 Å². The number of nitrogens with two attached hydrogens (primary N) is 1. The third-order valence-electron chi connectivity index (χ3n) is 3.19. The Balaban J connectivity index is 0.00000110. The number of oxazole rings is 1. The summed E-state index contributed by atoms with van der Waals surface area (Å²) in [6.45, 7) is 1.39. The lowest BCUT2D eigenvalue weighted by Gasteiger charge is -2.14. The Morgan fingerprint density at radius 2 is 2.33 bits per heavy atom. The van der Waals surface area contributed by atoms with Crippen LogP contribution in [0.5, 0.6) is 0 Å². The number of thiophene rings is 1. The highest BCUT2D eigenvalue weighted by Crippen LogP contribution is 2.24. The van der Waals surface area contributed by atoms with E-state index < -0.39 is 0 Å². The summed E-state index contributed by atoms with van der Waals surface area (Å²) < 4.78 is 5.40. The molecule has 2 N–H and O–H groups in total. The number of carbonyl (C=O) groups is 1. The molecule has 0 spiro atoms. The fraction of sp³-hybridized carbons (Fsp3) is 0.385. The second kappa shape index (κ2) is 7.79. The molecule has 1 atom stereocenters. The van der Waals surface area contributed by atoms with Gasteiger partial charge < -0.3 is 15.1 Å². The number of hydrogen-bond donors (Lipinski definition) is 1. The van der Waals surface area contributed by atoms with Crippen LogP contribution in [0.3, 0.4) is 0 Å². The summed E-state index contributed by atoms with van der Waals surface area (Å²) in [5.74, 6) is 0.648. The van der Waals surface area contributed by atoms with Crippen LogP contribution in [0.4, 0.5) is 0 Å². The molecule has 8 heteroatoms. The van der Waals surface area contributed by atoms with Crippen molar-refractivity contribution in [3.05, 3.63) is 29.5 Å². The predicted octanol–water partition coefficient (Wildman–Crippen LogP) is 2.35. The molecule has 2 aromatic heterocycles.